The number of nitrogens with zero attached hydrogens (tertiary/aromatic N) is 4. The van der Waals surface area contributed by atoms with Gasteiger partial charge in [-0.1, -0.05) is 27.7 Å². The number of halogens is 1. The number of carbonyl (C=O) groups is 1. The summed E-state index contributed by atoms with van der Waals surface area (Å²) in [5, 5.41) is 16.1. The number of rotatable bonds is 5. The van der Waals surface area contributed by atoms with E-state index in [0.29, 0.717) is 22.3 Å². The van der Waals surface area contributed by atoms with E-state index in [2.05, 4.69) is 36.5 Å². The van der Waals surface area contributed by atoms with Gasteiger partial charge in [0, 0.05) is 10.2 Å². The summed E-state index contributed by atoms with van der Waals surface area (Å²) in [5.41, 5.74) is 2.02. The van der Waals surface area contributed by atoms with E-state index in [1.54, 1.807) is 16.8 Å². The monoisotopic (exact) mass is 429 g/mol. The van der Waals surface area contributed by atoms with E-state index in [9.17, 15) is 4.79 Å². The summed E-state index contributed by atoms with van der Waals surface area (Å²) < 4.78 is 7.93. The maximum absolute atomic E-state index is 12.1. The van der Waals surface area contributed by atoms with Crippen LogP contribution >= 0.6 is 27.7 Å². The molecule has 0 atom stereocenters. The van der Waals surface area contributed by atoms with Crippen molar-refractivity contribution in [2.45, 2.75) is 5.16 Å². The van der Waals surface area contributed by atoms with Crippen molar-refractivity contribution in [3.05, 3.63) is 59.3 Å². The van der Waals surface area contributed by atoms with Gasteiger partial charge in [0.05, 0.1) is 12.0 Å². The van der Waals surface area contributed by atoms with Crippen molar-refractivity contribution < 1.29 is 9.21 Å². The molecule has 4 aromatic rings. The second-order valence-corrected chi connectivity index (χ2v) is 7.15. The Hall–Kier alpha value is -2.65. The number of nitrogens with one attached hydrogen (secondary N) is 1. The first-order valence-corrected chi connectivity index (χ1v) is 9.41. The normalized spacial score (nSPS) is 11.0. The fourth-order valence-corrected chi connectivity index (χ4v) is 3.23. The van der Waals surface area contributed by atoms with Gasteiger partial charge in [0.2, 0.25) is 11.1 Å². The number of aromatic nitrogens is 4. The highest BCUT2D eigenvalue weighted by atomic mass is 79.9. The Bertz CT molecular complexity index is 1050. The maximum atomic E-state index is 12.1. The molecule has 1 aromatic carbocycles. The third-order valence-electron chi connectivity index (χ3n) is 3.47. The molecular weight excluding hydrogens is 418 g/mol. The molecule has 9 heteroatoms. The number of thioether (sulfide) groups is 1. The van der Waals surface area contributed by atoms with E-state index in [-0.39, 0.29) is 11.7 Å². The van der Waals surface area contributed by atoms with Gasteiger partial charge in [-0.2, -0.15) is 9.61 Å². The number of carbonyl (C=O) groups excluding carboxylic acids is 1. The zero-order valence-electron chi connectivity index (χ0n) is 13.3. The van der Waals surface area contributed by atoms with Crippen LogP contribution in [-0.2, 0) is 4.79 Å². The van der Waals surface area contributed by atoms with Crippen LogP contribution in [-0.4, -0.2) is 31.5 Å². The van der Waals surface area contributed by atoms with Crippen LogP contribution in [0.1, 0.15) is 0 Å². The lowest BCUT2D eigenvalue weighted by Crippen LogP contribution is -2.14. The molecule has 26 heavy (non-hydrogen) atoms. The standard InChI is InChI=1S/C17H12BrN5O2S/c18-11-3-5-12(6-4-11)19-16(24)10-26-17-21-20-15-8-7-13(22-23(15)17)14-2-1-9-25-14/h1-9H,10H2,(H,19,24). The van der Waals surface area contributed by atoms with Crippen molar-refractivity contribution in [3.63, 3.8) is 0 Å². The van der Waals surface area contributed by atoms with Gasteiger partial charge in [-0.25, -0.2) is 0 Å². The molecule has 3 heterocycles. The molecule has 1 N–H and O–H groups in total. The molecule has 0 aliphatic heterocycles. The zero-order chi connectivity index (χ0) is 17.9. The number of furan rings is 1. The predicted octanol–water partition coefficient (Wildman–Crippen LogP) is 3.88. The van der Waals surface area contributed by atoms with E-state index in [0.717, 1.165) is 10.2 Å². The van der Waals surface area contributed by atoms with Crippen LogP contribution in [0, 0.1) is 0 Å². The average molecular weight is 430 g/mol. The summed E-state index contributed by atoms with van der Waals surface area (Å²) in [5.74, 6) is 0.726. The van der Waals surface area contributed by atoms with Crippen molar-refractivity contribution in [1.29, 1.82) is 0 Å². The largest absolute Gasteiger partial charge is 0.463 e. The molecule has 130 valence electrons. The van der Waals surface area contributed by atoms with Crippen molar-refractivity contribution in [2.75, 3.05) is 11.1 Å². The number of anilines is 1. The SMILES string of the molecule is O=C(CSc1nnc2ccc(-c3ccco3)nn12)Nc1ccc(Br)cc1. The zero-order valence-corrected chi connectivity index (χ0v) is 15.7. The van der Waals surface area contributed by atoms with Gasteiger partial charge in [-0.3, -0.25) is 4.79 Å². The Morgan fingerprint density at radius 2 is 2.00 bits per heavy atom. The Kier molecular flexibility index (Phi) is 4.72. The Morgan fingerprint density at radius 3 is 2.77 bits per heavy atom. The minimum Gasteiger partial charge on any atom is -0.463 e. The van der Waals surface area contributed by atoms with E-state index in [1.165, 1.54) is 11.8 Å². The molecule has 0 fully saturated rings. The van der Waals surface area contributed by atoms with Gasteiger partial charge in [0.1, 0.15) is 5.69 Å². The minimum absolute atomic E-state index is 0.128. The number of hydrogen-bond acceptors (Lipinski definition) is 6. The Labute approximate surface area is 160 Å². The molecule has 4 rings (SSSR count). The highest BCUT2D eigenvalue weighted by molar-refractivity contribution is 9.10. The van der Waals surface area contributed by atoms with E-state index < -0.39 is 0 Å². The van der Waals surface area contributed by atoms with Crippen LogP contribution in [0.15, 0.2) is 68.8 Å². The quantitative estimate of drug-likeness (QED) is 0.484. The molecule has 0 saturated heterocycles. The number of hydrogen-bond donors (Lipinski definition) is 1. The molecule has 1 amide bonds. The maximum Gasteiger partial charge on any atom is 0.234 e. The summed E-state index contributed by atoms with van der Waals surface area (Å²) in [7, 11) is 0. The summed E-state index contributed by atoms with van der Waals surface area (Å²) in [6, 6.07) is 14.7. The van der Waals surface area contributed by atoms with Gasteiger partial charge < -0.3 is 9.73 Å². The molecule has 0 radical (unpaired) electrons. The first kappa shape index (κ1) is 16.8. The van der Waals surface area contributed by atoms with E-state index in [1.807, 2.05) is 42.5 Å². The Balaban J connectivity index is 1.47. The third kappa shape index (κ3) is 3.63. The summed E-state index contributed by atoms with van der Waals surface area (Å²) in [6.07, 6.45) is 1.59. The highest BCUT2D eigenvalue weighted by Gasteiger charge is 2.12. The lowest BCUT2D eigenvalue weighted by atomic mass is 10.3. The van der Waals surface area contributed by atoms with Gasteiger partial charge >= 0.3 is 0 Å². The molecule has 0 spiro atoms. The van der Waals surface area contributed by atoms with Gasteiger partial charge in [-0.15, -0.1) is 10.2 Å². The summed E-state index contributed by atoms with van der Waals surface area (Å²) in [4.78, 5) is 12.1. The van der Waals surface area contributed by atoms with Crippen LogP contribution in [0.25, 0.3) is 17.1 Å². The van der Waals surface area contributed by atoms with Crippen LogP contribution in [0.3, 0.4) is 0 Å². The number of fused-ring (bicyclic) bond motifs is 1. The molecule has 0 unspecified atom stereocenters. The first-order chi connectivity index (χ1) is 12.7. The van der Waals surface area contributed by atoms with Crippen molar-refractivity contribution in [2.24, 2.45) is 0 Å². The Morgan fingerprint density at radius 1 is 1.15 bits per heavy atom. The van der Waals surface area contributed by atoms with Gasteiger partial charge in [-0.05, 0) is 48.5 Å². The fraction of sp³-hybridized carbons (Fsp3) is 0.0588. The summed E-state index contributed by atoms with van der Waals surface area (Å²) in [6.45, 7) is 0. The molecule has 0 saturated carbocycles. The molecular formula is C17H12BrN5O2S. The van der Waals surface area contributed by atoms with Crippen LogP contribution in [0.4, 0.5) is 5.69 Å². The van der Waals surface area contributed by atoms with Crippen LogP contribution in [0.2, 0.25) is 0 Å². The van der Waals surface area contributed by atoms with Crippen molar-refractivity contribution in [3.8, 4) is 11.5 Å². The van der Waals surface area contributed by atoms with Crippen LogP contribution in [0.5, 0.6) is 0 Å². The van der Waals surface area contributed by atoms with Crippen LogP contribution < -0.4 is 5.32 Å². The van der Waals surface area contributed by atoms with Crippen molar-refractivity contribution >= 4 is 44.9 Å². The van der Waals surface area contributed by atoms with E-state index in [4.69, 9.17) is 4.42 Å². The first-order valence-electron chi connectivity index (χ1n) is 7.63. The van der Waals surface area contributed by atoms with Gasteiger partial charge in [0.25, 0.3) is 0 Å². The van der Waals surface area contributed by atoms with Gasteiger partial charge in [0.15, 0.2) is 11.4 Å². The number of amides is 1. The van der Waals surface area contributed by atoms with Crippen molar-refractivity contribution in [1.82, 2.24) is 19.8 Å². The molecule has 0 aliphatic rings. The average Bonchev–Trinajstić information content (AvgIpc) is 3.31. The molecule has 0 bridgehead atoms. The topological polar surface area (TPSA) is 85.3 Å². The smallest absolute Gasteiger partial charge is 0.234 e. The minimum atomic E-state index is -0.128. The predicted molar refractivity (Wildman–Crippen MR) is 102 cm³/mol. The molecule has 0 aliphatic carbocycles. The number of benzene rings is 1. The summed E-state index contributed by atoms with van der Waals surface area (Å²) >= 11 is 4.63. The highest BCUT2D eigenvalue weighted by Crippen LogP contribution is 2.21. The lowest BCUT2D eigenvalue weighted by molar-refractivity contribution is -0.113. The molecule has 3 aromatic heterocycles. The second kappa shape index (κ2) is 7.30. The second-order valence-electron chi connectivity index (χ2n) is 5.29. The fourth-order valence-electron chi connectivity index (χ4n) is 2.28. The molecule has 7 nitrogen and oxygen atoms in total. The van der Waals surface area contributed by atoms with E-state index >= 15 is 0 Å². The lowest BCUT2D eigenvalue weighted by Gasteiger charge is -2.04. The third-order valence-corrected chi connectivity index (χ3v) is 4.92.